The van der Waals surface area contributed by atoms with E-state index in [4.69, 9.17) is 5.11 Å². The van der Waals surface area contributed by atoms with Gasteiger partial charge in [0.2, 0.25) is 0 Å². The van der Waals surface area contributed by atoms with Crippen LogP contribution in [0.4, 0.5) is 0 Å². The van der Waals surface area contributed by atoms with E-state index in [1.54, 1.807) is 6.07 Å². The summed E-state index contributed by atoms with van der Waals surface area (Å²) in [4.78, 5) is 13.8. The summed E-state index contributed by atoms with van der Waals surface area (Å²) < 4.78 is 0. The highest BCUT2D eigenvalue weighted by Gasteiger charge is 1.97. The second-order valence-electron chi connectivity index (χ2n) is 1.55. The number of hydrogen-bond acceptors (Lipinski definition) is 2. The maximum Gasteiger partial charge on any atom is 0.337 e. The number of aromatic nitrogens is 1. The number of hydrogen-bond donors (Lipinski definition) is 1. The van der Waals surface area contributed by atoms with E-state index < -0.39 is 5.97 Å². The van der Waals surface area contributed by atoms with E-state index >= 15 is 0 Å². The number of carboxylic acid groups (broad SMARTS) is 1. The van der Waals surface area contributed by atoms with Gasteiger partial charge in [-0.25, -0.2) is 4.79 Å². The average molecular weight is 153 g/mol. The molecule has 1 rings (SSSR count). The summed E-state index contributed by atoms with van der Waals surface area (Å²) in [6, 6.07) is 3.08. The van der Waals surface area contributed by atoms with Crippen LogP contribution in [0.1, 0.15) is 24.2 Å². The number of carboxylic acids is 1. The fourth-order valence-corrected chi connectivity index (χ4v) is 0.489. The quantitative estimate of drug-likeness (QED) is 0.669. The molecule has 11 heavy (non-hydrogen) atoms. The molecule has 1 aromatic rings. The Hall–Kier alpha value is -1.38. The van der Waals surface area contributed by atoms with Crippen molar-refractivity contribution >= 4 is 5.97 Å². The fraction of sp³-hybridized carbons (Fsp3) is 0.250. The predicted octanol–water partition coefficient (Wildman–Crippen LogP) is 1.81. The van der Waals surface area contributed by atoms with Crippen molar-refractivity contribution in [3.8, 4) is 0 Å². The van der Waals surface area contributed by atoms with E-state index in [0.29, 0.717) is 0 Å². The molecule has 0 saturated carbocycles. The summed E-state index contributed by atoms with van der Waals surface area (Å²) >= 11 is 0. The molecule has 0 aliphatic heterocycles. The number of aromatic carboxylic acids is 1. The van der Waals surface area contributed by atoms with E-state index in [1.165, 1.54) is 18.5 Å². The minimum atomic E-state index is -0.942. The SMILES string of the molecule is CC.O=C(O)c1cccnc1. The summed E-state index contributed by atoms with van der Waals surface area (Å²) in [7, 11) is 0. The van der Waals surface area contributed by atoms with Crippen LogP contribution < -0.4 is 0 Å². The zero-order valence-electron chi connectivity index (χ0n) is 6.61. The molecule has 0 amide bonds. The van der Waals surface area contributed by atoms with E-state index in [1.807, 2.05) is 13.8 Å². The van der Waals surface area contributed by atoms with E-state index in [-0.39, 0.29) is 5.56 Å². The van der Waals surface area contributed by atoms with Crippen LogP contribution >= 0.6 is 0 Å². The smallest absolute Gasteiger partial charge is 0.337 e. The van der Waals surface area contributed by atoms with Crippen molar-refractivity contribution < 1.29 is 9.90 Å². The van der Waals surface area contributed by atoms with Crippen LogP contribution in [0.15, 0.2) is 24.5 Å². The predicted molar refractivity (Wildman–Crippen MR) is 42.5 cm³/mol. The van der Waals surface area contributed by atoms with Crippen molar-refractivity contribution in [1.82, 2.24) is 4.98 Å². The van der Waals surface area contributed by atoms with Gasteiger partial charge in [0, 0.05) is 12.4 Å². The van der Waals surface area contributed by atoms with Crippen LogP contribution in [0.5, 0.6) is 0 Å². The van der Waals surface area contributed by atoms with Crippen LogP contribution in [-0.2, 0) is 0 Å². The molecule has 1 N–H and O–H groups in total. The molecule has 0 saturated heterocycles. The minimum absolute atomic E-state index is 0.220. The van der Waals surface area contributed by atoms with E-state index in [9.17, 15) is 4.79 Å². The van der Waals surface area contributed by atoms with Gasteiger partial charge in [-0.15, -0.1) is 0 Å². The molecule has 0 radical (unpaired) electrons. The third kappa shape index (κ3) is 3.35. The highest BCUT2D eigenvalue weighted by molar-refractivity contribution is 5.86. The summed E-state index contributed by atoms with van der Waals surface area (Å²) in [5, 5.41) is 8.34. The number of rotatable bonds is 1. The molecule has 0 atom stereocenters. The van der Waals surface area contributed by atoms with Crippen LogP contribution in [0, 0.1) is 0 Å². The molecule has 0 aromatic carbocycles. The molecule has 0 aliphatic rings. The van der Waals surface area contributed by atoms with Gasteiger partial charge in [0.25, 0.3) is 0 Å². The van der Waals surface area contributed by atoms with Gasteiger partial charge in [-0.2, -0.15) is 0 Å². The van der Waals surface area contributed by atoms with Gasteiger partial charge in [-0.1, -0.05) is 13.8 Å². The largest absolute Gasteiger partial charge is 0.478 e. The lowest BCUT2D eigenvalue weighted by Gasteiger charge is -1.87. The summed E-state index contributed by atoms with van der Waals surface area (Å²) in [6.45, 7) is 4.00. The number of pyridine rings is 1. The topological polar surface area (TPSA) is 50.2 Å². The van der Waals surface area contributed by atoms with Gasteiger partial charge in [-0.05, 0) is 12.1 Å². The van der Waals surface area contributed by atoms with Crippen LogP contribution in [0.3, 0.4) is 0 Å². The second kappa shape index (κ2) is 5.41. The van der Waals surface area contributed by atoms with Crippen molar-refractivity contribution in [3.63, 3.8) is 0 Å². The zero-order valence-corrected chi connectivity index (χ0v) is 6.61. The Morgan fingerprint density at radius 1 is 1.55 bits per heavy atom. The van der Waals surface area contributed by atoms with Gasteiger partial charge >= 0.3 is 5.97 Å². The average Bonchev–Trinajstić information content (AvgIpc) is 2.10. The van der Waals surface area contributed by atoms with Gasteiger partial charge in [-0.3, -0.25) is 4.98 Å². The Bertz CT molecular complexity index is 209. The highest BCUT2D eigenvalue weighted by Crippen LogP contribution is 1.92. The first-order chi connectivity index (χ1) is 5.30. The normalized spacial score (nSPS) is 7.82. The third-order valence-corrected chi connectivity index (χ3v) is 0.908. The van der Waals surface area contributed by atoms with Gasteiger partial charge in [0.05, 0.1) is 5.56 Å². The molecule has 60 valence electrons. The van der Waals surface area contributed by atoms with Crippen LogP contribution in [-0.4, -0.2) is 16.1 Å². The maximum absolute atomic E-state index is 10.2. The van der Waals surface area contributed by atoms with Crippen molar-refractivity contribution in [2.24, 2.45) is 0 Å². The van der Waals surface area contributed by atoms with Gasteiger partial charge < -0.3 is 5.11 Å². The summed E-state index contributed by atoms with van der Waals surface area (Å²) in [5.41, 5.74) is 0.220. The first-order valence-electron chi connectivity index (χ1n) is 3.44. The monoisotopic (exact) mass is 153 g/mol. The second-order valence-corrected chi connectivity index (χ2v) is 1.55. The molecule has 3 nitrogen and oxygen atoms in total. The fourth-order valence-electron chi connectivity index (χ4n) is 0.489. The first-order valence-corrected chi connectivity index (χ1v) is 3.44. The Kier molecular flexibility index (Phi) is 4.73. The lowest BCUT2D eigenvalue weighted by molar-refractivity contribution is 0.0696. The molecular weight excluding hydrogens is 142 g/mol. The van der Waals surface area contributed by atoms with Gasteiger partial charge in [0.15, 0.2) is 0 Å². The molecule has 0 spiro atoms. The number of nitrogens with zero attached hydrogens (tertiary/aromatic N) is 1. The summed E-state index contributed by atoms with van der Waals surface area (Å²) in [6.07, 6.45) is 2.84. The first kappa shape index (κ1) is 9.62. The molecule has 0 bridgehead atoms. The van der Waals surface area contributed by atoms with Crippen molar-refractivity contribution in [1.29, 1.82) is 0 Å². The Morgan fingerprint density at radius 3 is 2.45 bits per heavy atom. The van der Waals surface area contributed by atoms with E-state index in [0.717, 1.165) is 0 Å². The van der Waals surface area contributed by atoms with Crippen LogP contribution in [0.2, 0.25) is 0 Å². The molecule has 3 heteroatoms. The highest BCUT2D eigenvalue weighted by atomic mass is 16.4. The lowest BCUT2D eigenvalue weighted by atomic mass is 10.3. The Labute approximate surface area is 65.7 Å². The molecular formula is C8H11NO2. The molecule has 0 aliphatic carbocycles. The third-order valence-electron chi connectivity index (χ3n) is 0.908. The molecule has 1 heterocycles. The molecule has 0 fully saturated rings. The van der Waals surface area contributed by atoms with Crippen LogP contribution in [0.25, 0.3) is 0 Å². The number of carbonyl (C=O) groups is 1. The maximum atomic E-state index is 10.2. The molecule has 1 aromatic heterocycles. The zero-order chi connectivity index (χ0) is 8.69. The van der Waals surface area contributed by atoms with Crippen molar-refractivity contribution in [2.75, 3.05) is 0 Å². The minimum Gasteiger partial charge on any atom is -0.478 e. The summed E-state index contributed by atoms with van der Waals surface area (Å²) in [5.74, 6) is -0.942. The standard InChI is InChI=1S/C6H5NO2.C2H6/c8-6(9)5-2-1-3-7-4-5;1-2/h1-4H,(H,8,9);1-2H3. The Morgan fingerprint density at radius 2 is 2.18 bits per heavy atom. The van der Waals surface area contributed by atoms with Crippen molar-refractivity contribution in [3.05, 3.63) is 30.1 Å². The Balaban J connectivity index is 0.000000461. The molecule has 0 unspecified atom stereocenters. The lowest BCUT2D eigenvalue weighted by Crippen LogP contribution is -1.94. The van der Waals surface area contributed by atoms with Crippen molar-refractivity contribution in [2.45, 2.75) is 13.8 Å². The van der Waals surface area contributed by atoms with E-state index in [2.05, 4.69) is 4.98 Å². The van der Waals surface area contributed by atoms with Gasteiger partial charge in [0.1, 0.15) is 0 Å².